The van der Waals surface area contributed by atoms with Crippen molar-refractivity contribution >= 4 is 32.6 Å². The van der Waals surface area contributed by atoms with Gasteiger partial charge < -0.3 is 0 Å². The van der Waals surface area contributed by atoms with Gasteiger partial charge in [-0.3, -0.25) is 4.57 Å². The van der Waals surface area contributed by atoms with Gasteiger partial charge in [0, 0.05) is 5.56 Å². The maximum atomic E-state index is 5.36. The lowest BCUT2D eigenvalue weighted by atomic mass is 9.92. The zero-order valence-corrected chi connectivity index (χ0v) is 24.1. The van der Waals surface area contributed by atoms with E-state index in [4.69, 9.17) is 4.98 Å². The molecular formula is C39H34N2. The van der Waals surface area contributed by atoms with Gasteiger partial charge in [-0.15, -0.1) is 0 Å². The summed E-state index contributed by atoms with van der Waals surface area (Å²) in [5.74, 6) is 1.73. The second kappa shape index (κ2) is 10.1. The van der Waals surface area contributed by atoms with Crippen molar-refractivity contribution in [3.05, 3.63) is 132 Å². The first kappa shape index (κ1) is 25.3. The SMILES string of the molecule is CC(C)c1cccc(C(C)C)c1-n1c(-c2cccc(-c3ccc4ccccc4c3)c2)nc2cc3ccccc3cc21. The quantitative estimate of drug-likeness (QED) is 0.216. The van der Waals surface area contributed by atoms with E-state index >= 15 is 0 Å². The monoisotopic (exact) mass is 530 g/mol. The molecule has 0 aliphatic heterocycles. The maximum absolute atomic E-state index is 5.36. The summed E-state index contributed by atoms with van der Waals surface area (Å²) in [6.07, 6.45) is 0. The smallest absolute Gasteiger partial charge is 0.145 e. The molecule has 0 spiro atoms. The Kier molecular flexibility index (Phi) is 6.20. The summed E-state index contributed by atoms with van der Waals surface area (Å²) in [6.45, 7) is 9.16. The van der Waals surface area contributed by atoms with Crippen LogP contribution in [-0.4, -0.2) is 9.55 Å². The molecule has 1 aromatic heterocycles. The predicted molar refractivity (Wildman–Crippen MR) is 175 cm³/mol. The number of para-hydroxylation sites is 1. The minimum Gasteiger partial charge on any atom is -0.292 e. The van der Waals surface area contributed by atoms with Gasteiger partial charge in [-0.05, 0) is 79.9 Å². The first-order chi connectivity index (χ1) is 20.0. The van der Waals surface area contributed by atoms with E-state index < -0.39 is 0 Å². The van der Waals surface area contributed by atoms with Gasteiger partial charge in [-0.2, -0.15) is 0 Å². The Morgan fingerprint density at radius 2 is 1.05 bits per heavy atom. The molecule has 0 radical (unpaired) electrons. The molecule has 2 nitrogen and oxygen atoms in total. The molecule has 0 saturated carbocycles. The highest BCUT2D eigenvalue weighted by molar-refractivity contribution is 5.98. The van der Waals surface area contributed by atoms with Crippen molar-refractivity contribution in [2.24, 2.45) is 0 Å². The van der Waals surface area contributed by atoms with E-state index in [0.717, 1.165) is 22.4 Å². The van der Waals surface area contributed by atoms with Gasteiger partial charge in [0.1, 0.15) is 5.82 Å². The molecule has 7 rings (SSSR count). The van der Waals surface area contributed by atoms with Crippen LogP contribution in [0.2, 0.25) is 0 Å². The first-order valence-corrected chi connectivity index (χ1v) is 14.6. The van der Waals surface area contributed by atoms with Crippen molar-refractivity contribution < 1.29 is 0 Å². The molecule has 6 aromatic carbocycles. The lowest BCUT2D eigenvalue weighted by molar-refractivity contribution is 0.811. The first-order valence-electron chi connectivity index (χ1n) is 14.6. The van der Waals surface area contributed by atoms with Gasteiger partial charge in [-0.25, -0.2) is 4.98 Å². The molecule has 7 aromatic rings. The second-order valence-corrected chi connectivity index (χ2v) is 11.7. The summed E-state index contributed by atoms with van der Waals surface area (Å²) >= 11 is 0. The van der Waals surface area contributed by atoms with Crippen LogP contribution < -0.4 is 0 Å². The summed E-state index contributed by atoms with van der Waals surface area (Å²) in [6, 6.07) is 44.1. The van der Waals surface area contributed by atoms with Crippen molar-refractivity contribution in [3.63, 3.8) is 0 Å². The van der Waals surface area contributed by atoms with E-state index in [0.29, 0.717) is 11.8 Å². The third-order valence-corrected chi connectivity index (χ3v) is 8.29. The summed E-state index contributed by atoms with van der Waals surface area (Å²) in [4.78, 5) is 5.36. The van der Waals surface area contributed by atoms with Crippen LogP contribution in [0.5, 0.6) is 0 Å². The number of aromatic nitrogens is 2. The fraction of sp³-hybridized carbons (Fsp3) is 0.154. The molecule has 0 bridgehead atoms. The molecule has 1 heterocycles. The van der Waals surface area contributed by atoms with Crippen LogP contribution in [0.4, 0.5) is 0 Å². The lowest BCUT2D eigenvalue weighted by Crippen LogP contribution is -2.08. The topological polar surface area (TPSA) is 17.8 Å². The van der Waals surface area contributed by atoms with Crippen LogP contribution in [0.1, 0.15) is 50.7 Å². The highest BCUT2D eigenvalue weighted by Crippen LogP contribution is 2.39. The Morgan fingerprint density at radius 3 is 1.73 bits per heavy atom. The van der Waals surface area contributed by atoms with Gasteiger partial charge in [0.2, 0.25) is 0 Å². The van der Waals surface area contributed by atoms with Crippen molar-refractivity contribution in [2.45, 2.75) is 39.5 Å². The van der Waals surface area contributed by atoms with Crippen LogP contribution in [0, 0.1) is 0 Å². The van der Waals surface area contributed by atoms with Crippen LogP contribution in [0.25, 0.3) is 60.8 Å². The van der Waals surface area contributed by atoms with E-state index in [-0.39, 0.29) is 0 Å². The van der Waals surface area contributed by atoms with Gasteiger partial charge in [0.25, 0.3) is 0 Å². The highest BCUT2D eigenvalue weighted by Gasteiger charge is 2.22. The molecule has 0 saturated heterocycles. The van der Waals surface area contributed by atoms with Gasteiger partial charge in [0.15, 0.2) is 0 Å². The van der Waals surface area contributed by atoms with Crippen molar-refractivity contribution in [1.82, 2.24) is 9.55 Å². The van der Waals surface area contributed by atoms with Crippen LogP contribution >= 0.6 is 0 Å². The summed E-state index contributed by atoms with van der Waals surface area (Å²) in [5, 5.41) is 4.95. The summed E-state index contributed by atoms with van der Waals surface area (Å²) < 4.78 is 2.44. The summed E-state index contributed by atoms with van der Waals surface area (Å²) in [5.41, 5.74) is 9.63. The number of rotatable bonds is 5. The van der Waals surface area contributed by atoms with Gasteiger partial charge in [0.05, 0.1) is 16.7 Å². The average Bonchev–Trinajstić information content (AvgIpc) is 3.37. The lowest BCUT2D eigenvalue weighted by Gasteiger charge is -2.22. The minimum absolute atomic E-state index is 0.374. The fourth-order valence-corrected chi connectivity index (χ4v) is 6.16. The minimum atomic E-state index is 0.374. The molecule has 2 heteroatoms. The van der Waals surface area contributed by atoms with Crippen molar-refractivity contribution in [3.8, 4) is 28.2 Å². The van der Waals surface area contributed by atoms with Gasteiger partial charge in [-0.1, -0.05) is 125 Å². The zero-order valence-electron chi connectivity index (χ0n) is 24.1. The fourth-order valence-electron chi connectivity index (χ4n) is 6.16. The number of fused-ring (bicyclic) bond motifs is 3. The number of hydrogen-bond acceptors (Lipinski definition) is 1. The Balaban J connectivity index is 1.52. The molecular weight excluding hydrogens is 496 g/mol. The molecule has 0 amide bonds. The van der Waals surface area contributed by atoms with Gasteiger partial charge >= 0.3 is 0 Å². The molecule has 0 fully saturated rings. The second-order valence-electron chi connectivity index (χ2n) is 11.7. The molecule has 0 N–H and O–H groups in total. The van der Waals surface area contributed by atoms with E-state index in [2.05, 4.69) is 154 Å². The molecule has 0 aliphatic rings. The Morgan fingerprint density at radius 1 is 0.488 bits per heavy atom. The van der Waals surface area contributed by atoms with Crippen LogP contribution in [0.3, 0.4) is 0 Å². The third-order valence-electron chi connectivity index (χ3n) is 8.29. The standard InChI is InChI=1S/C39H34N2/c1-25(2)34-17-10-18-35(26(3)4)38(34)41-37-24-31-14-8-7-13-30(31)23-36(37)40-39(41)33-16-9-15-29(22-33)32-20-19-27-11-5-6-12-28(27)21-32/h5-26H,1-4H3. The molecule has 0 atom stereocenters. The molecule has 0 aliphatic carbocycles. The van der Waals surface area contributed by atoms with E-state index in [9.17, 15) is 0 Å². The van der Waals surface area contributed by atoms with E-state index in [1.165, 1.54) is 49.5 Å². The Hall–Kier alpha value is -4.69. The molecule has 41 heavy (non-hydrogen) atoms. The zero-order chi connectivity index (χ0) is 28.1. The Bertz CT molecular complexity index is 2030. The van der Waals surface area contributed by atoms with E-state index in [1.54, 1.807) is 0 Å². The van der Waals surface area contributed by atoms with Crippen molar-refractivity contribution in [1.29, 1.82) is 0 Å². The number of benzene rings is 6. The summed E-state index contributed by atoms with van der Waals surface area (Å²) in [7, 11) is 0. The Labute approximate surface area is 241 Å². The normalized spacial score (nSPS) is 11.9. The number of nitrogens with zero attached hydrogens (tertiary/aromatic N) is 2. The van der Waals surface area contributed by atoms with Crippen molar-refractivity contribution in [2.75, 3.05) is 0 Å². The molecule has 200 valence electrons. The largest absolute Gasteiger partial charge is 0.292 e. The van der Waals surface area contributed by atoms with E-state index in [1.807, 2.05) is 0 Å². The van der Waals surface area contributed by atoms with Crippen LogP contribution in [-0.2, 0) is 0 Å². The number of imidazole rings is 1. The average molecular weight is 531 g/mol. The predicted octanol–water partition coefficient (Wildman–Crippen LogP) is 10.9. The molecule has 0 unspecified atom stereocenters. The van der Waals surface area contributed by atoms with Crippen LogP contribution in [0.15, 0.2) is 121 Å². The third kappa shape index (κ3) is 4.40. The maximum Gasteiger partial charge on any atom is 0.145 e. The number of hydrogen-bond donors (Lipinski definition) is 0. The highest BCUT2D eigenvalue weighted by atomic mass is 15.1.